The number of nitrogens with one attached hydrogen (secondary N) is 2. The maximum atomic E-state index is 4.61. The van der Waals surface area contributed by atoms with Crippen molar-refractivity contribution in [1.29, 1.82) is 0 Å². The van der Waals surface area contributed by atoms with Gasteiger partial charge in [-0.1, -0.05) is 29.5 Å². The minimum absolute atomic E-state index is 0.713. The highest BCUT2D eigenvalue weighted by Gasteiger charge is 2.20. The van der Waals surface area contributed by atoms with E-state index in [1.165, 1.54) is 11.9 Å². The number of nitrogens with zero attached hydrogens (tertiary/aromatic N) is 5. The van der Waals surface area contributed by atoms with Gasteiger partial charge in [-0.3, -0.25) is 9.99 Å². The van der Waals surface area contributed by atoms with E-state index in [1.807, 2.05) is 23.6 Å². The summed E-state index contributed by atoms with van der Waals surface area (Å²) in [5.74, 6) is 1.48. The van der Waals surface area contributed by atoms with E-state index >= 15 is 0 Å². The number of H-pyrrole nitrogens is 1. The molecule has 0 fully saturated rings. The summed E-state index contributed by atoms with van der Waals surface area (Å²) in [6.45, 7) is 6.18. The van der Waals surface area contributed by atoms with E-state index in [0.29, 0.717) is 5.95 Å². The molecule has 132 valence electrons. The number of thioether (sulfide) groups is 1. The standard InChI is InChI=1S/C18H19N7S/c1-11-4-6-14(7-5-11)21-18-24-22-16(9-26-18)15-8-12(2)25(13(15)3)17-19-10-20-23-17/h4-8,10H,9H2,1-3H3,(H,21,24)(H,19,20,23). The third-order valence-corrected chi connectivity index (χ3v) is 5.13. The molecule has 26 heavy (non-hydrogen) atoms. The monoisotopic (exact) mass is 365 g/mol. The summed E-state index contributed by atoms with van der Waals surface area (Å²) >= 11 is 1.65. The number of hydrogen-bond acceptors (Lipinski definition) is 5. The fourth-order valence-electron chi connectivity index (χ4n) is 2.94. The van der Waals surface area contributed by atoms with Crippen LogP contribution in [0.4, 0.5) is 5.69 Å². The molecule has 1 aliphatic heterocycles. The summed E-state index contributed by atoms with van der Waals surface area (Å²) in [4.78, 5) is 8.85. The van der Waals surface area contributed by atoms with Crippen LogP contribution in [0.1, 0.15) is 22.5 Å². The van der Waals surface area contributed by atoms with Crippen LogP contribution in [0, 0.1) is 20.8 Å². The van der Waals surface area contributed by atoms with E-state index < -0.39 is 0 Å². The summed E-state index contributed by atoms with van der Waals surface area (Å²) in [5, 5.41) is 12.2. The lowest BCUT2D eigenvalue weighted by Gasteiger charge is -2.15. The molecule has 0 radical (unpaired) electrons. The molecule has 3 aromatic rings. The van der Waals surface area contributed by atoms with Crippen molar-refractivity contribution in [1.82, 2.24) is 25.2 Å². The van der Waals surface area contributed by atoms with Gasteiger partial charge in [0.25, 0.3) is 0 Å². The molecule has 1 aromatic carbocycles. The van der Waals surface area contributed by atoms with Crippen LogP contribution in [0.5, 0.6) is 0 Å². The van der Waals surface area contributed by atoms with Gasteiger partial charge in [0.15, 0.2) is 5.17 Å². The lowest BCUT2D eigenvalue weighted by Crippen LogP contribution is -2.25. The zero-order valence-corrected chi connectivity index (χ0v) is 15.6. The first-order valence-corrected chi connectivity index (χ1v) is 9.26. The van der Waals surface area contributed by atoms with Gasteiger partial charge in [0, 0.05) is 22.7 Å². The van der Waals surface area contributed by atoms with E-state index in [-0.39, 0.29) is 0 Å². The third kappa shape index (κ3) is 3.15. The van der Waals surface area contributed by atoms with Crippen molar-refractivity contribution in [3.8, 4) is 5.95 Å². The normalized spacial score (nSPS) is 15.8. The van der Waals surface area contributed by atoms with Crippen molar-refractivity contribution in [2.45, 2.75) is 20.8 Å². The van der Waals surface area contributed by atoms with Crippen molar-refractivity contribution in [2.75, 3.05) is 5.75 Å². The number of hydrogen-bond donors (Lipinski definition) is 2. The predicted molar refractivity (Wildman–Crippen MR) is 106 cm³/mol. The molecule has 4 rings (SSSR count). The SMILES string of the molecule is Cc1ccc(N=C2NN=C(c3cc(C)n(-c4ncn[nH]4)c3C)CS2)cc1. The van der Waals surface area contributed by atoms with Crippen molar-refractivity contribution in [3.63, 3.8) is 0 Å². The number of rotatable bonds is 3. The van der Waals surface area contributed by atoms with Gasteiger partial charge >= 0.3 is 0 Å². The lowest BCUT2D eigenvalue weighted by molar-refractivity contribution is 0.877. The highest BCUT2D eigenvalue weighted by Crippen LogP contribution is 2.23. The first-order chi connectivity index (χ1) is 12.6. The Kier molecular flexibility index (Phi) is 4.34. The topological polar surface area (TPSA) is 83.2 Å². The molecule has 2 aromatic heterocycles. The van der Waals surface area contributed by atoms with Gasteiger partial charge in [-0.25, -0.2) is 10.1 Å². The molecule has 0 spiro atoms. The van der Waals surface area contributed by atoms with Gasteiger partial charge in [-0.05, 0) is 39.0 Å². The molecule has 1 aliphatic rings. The largest absolute Gasteiger partial charge is 0.287 e. The molecule has 0 aliphatic carbocycles. The van der Waals surface area contributed by atoms with E-state index in [4.69, 9.17) is 0 Å². The second-order valence-electron chi connectivity index (χ2n) is 6.14. The molecular formula is C18H19N7S. The van der Waals surface area contributed by atoms with Crippen LogP contribution in [0.2, 0.25) is 0 Å². The van der Waals surface area contributed by atoms with Crippen LogP contribution >= 0.6 is 11.8 Å². The molecule has 7 nitrogen and oxygen atoms in total. The molecule has 0 atom stereocenters. The Morgan fingerprint density at radius 1 is 1.15 bits per heavy atom. The third-order valence-electron chi connectivity index (χ3n) is 4.25. The minimum Gasteiger partial charge on any atom is -0.287 e. The van der Waals surface area contributed by atoms with Crippen LogP contribution < -0.4 is 5.43 Å². The van der Waals surface area contributed by atoms with Crippen LogP contribution in [0.15, 0.2) is 46.8 Å². The predicted octanol–water partition coefficient (Wildman–Crippen LogP) is 3.25. The number of aromatic nitrogens is 4. The summed E-state index contributed by atoms with van der Waals surface area (Å²) in [7, 11) is 0. The fraction of sp³-hybridized carbons (Fsp3) is 0.222. The zero-order valence-electron chi connectivity index (χ0n) is 14.8. The number of aromatic amines is 1. The summed E-state index contributed by atoms with van der Waals surface area (Å²) < 4.78 is 2.05. The average molecular weight is 365 g/mol. The maximum Gasteiger partial charge on any atom is 0.229 e. The van der Waals surface area contributed by atoms with E-state index in [0.717, 1.165) is 39.3 Å². The van der Waals surface area contributed by atoms with Gasteiger partial charge in [0.05, 0.1) is 11.4 Å². The zero-order chi connectivity index (χ0) is 18.1. The molecule has 0 amide bonds. The average Bonchev–Trinajstić information content (AvgIpc) is 3.25. The van der Waals surface area contributed by atoms with E-state index in [1.54, 1.807) is 11.8 Å². The van der Waals surface area contributed by atoms with Gasteiger partial charge < -0.3 is 0 Å². The van der Waals surface area contributed by atoms with Gasteiger partial charge in [-0.15, -0.1) is 0 Å². The minimum atomic E-state index is 0.713. The molecule has 8 heteroatoms. The Hall–Kier alpha value is -2.87. The Balaban J connectivity index is 1.58. The van der Waals surface area contributed by atoms with Crippen LogP contribution in [-0.2, 0) is 0 Å². The lowest BCUT2D eigenvalue weighted by atomic mass is 10.1. The smallest absolute Gasteiger partial charge is 0.229 e. The van der Waals surface area contributed by atoms with Gasteiger partial charge in [0.1, 0.15) is 6.33 Å². The first-order valence-electron chi connectivity index (χ1n) is 8.27. The van der Waals surface area contributed by atoms with E-state index in [2.05, 4.69) is 62.7 Å². The molecular weight excluding hydrogens is 346 g/mol. The van der Waals surface area contributed by atoms with Crippen molar-refractivity contribution in [3.05, 3.63) is 59.2 Å². The first kappa shape index (κ1) is 16.6. The van der Waals surface area contributed by atoms with Gasteiger partial charge in [0.2, 0.25) is 5.95 Å². The molecule has 0 saturated heterocycles. The van der Waals surface area contributed by atoms with Gasteiger partial charge in [-0.2, -0.15) is 15.2 Å². The van der Waals surface area contributed by atoms with Crippen molar-refractivity contribution in [2.24, 2.45) is 10.1 Å². The van der Waals surface area contributed by atoms with Crippen LogP contribution in [0.25, 0.3) is 5.95 Å². The van der Waals surface area contributed by atoms with Crippen LogP contribution in [0.3, 0.4) is 0 Å². The summed E-state index contributed by atoms with van der Waals surface area (Å²) in [6.07, 6.45) is 1.51. The Morgan fingerprint density at radius 3 is 2.62 bits per heavy atom. The molecule has 3 heterocycles. The maximum absolute atomic E-state index is 4.61. The quantitative estimate of drug-likeness (QED) is 0.746. The van der Waals surface area contributed by atoms with Crippen molar-refractivity contribution >= 4 is 28.3 Å². The number of hydrazone groups is 1. The fourth-order valence-corrected chi connectivity index (χ4v) is 3.71. The van der Waals surface area contributed by atoms with E-state index in [9.17, 15) is 0 Å². The summed E-state index contributed by atoms with van der Waals surface area (Å²) in [5.41, 5.74) is 9.49. The number of aryl methyl sites for hydroxylation is 2. The van der Waals surface area contributed by atoms with Crippen molar-refractivity contribution < 1.29 is 0 Å². The second-order valence-corrected chi connectivity index (χ2v) is 7.10. The number of amidine groups is 1. The highest BCUT2D eigenvalue weighted by atomic mass is 32.2. The Morgan fingerprint density at radius 2 is 1.96 bits per heavy atom. The molecule has 0 unspecified atom stereocenters. The summed E-state index contributed by atoms with van der Waals surface area (Å²) in [6, 6.07) is 10.3. The Bertz CT molecular complexity index is 981. The number of benzene rings is 1. The van der Waals surface area contributed by atoms with Crippen LogP contribution in [-0.4, -0.2) is 36.4 Å². The highest BCUT2D eigenvalue weighted by molar-refractivity contribution is 8.14. The second kappa shape index (κ2) is 6.80. The molecule has 2 N–H and O–H groups in total. The number of aliphatic imine (C=N–C) groups is 1. The molecule has 0 saturated carbocycles. The molecule has 0 bridgehead atoms. The Labute approximate surface area is 155 Å².